The van der Waals surface area contributed by atoms with Crippen molar-refractivity contribution >= 4 is 16.7 Å². The fourth-order valence-electron chi connectivity index (χ4n) is 2.61. The van der Waals surface area contributed by atoms with E-state index in [4.69, 9.17) is 4.42 Å². The van der Waals surface area contributed by atoms with Crippen LogP contribution in [-0.2, 0) is 13.0 Å². The van der Waals surface area contributed by atoms with Crippen LogP contribution in [0.25, 0.3) is 11.0 Å². The standard InChI is InChI=1S/C18H18FNO/c1-3-17-14(13-7-4-5-10-18(13)21-17)11-20-16-9-6-8-15(19)12(16)2/h4-10,20H,3,11H2,1-2H3. The minimum Gasteiger partial charge on any atom is -0.461 e. The third-order valence-electron chi connectivity index (χ3n) is 3.83. The number of halogens is 1. The van der Waals surface area contributed by atoms with Crippen LogP contribution >= 0.6 is 0 Å². The number of para-hydroxylation sites is 1. The third-order valence-corrected chi connectivity index (χ3v) is 3.83. The minimum absolute atomic E-state index is 0.187. The molecule has 2 aromatic carbocycles. The third kappa shape index (κ3) is 2.51. The maximum Gasteiger partial charge on any atom is 0.134 e. The predicted molar refractivity (Wildman–Crippen MR) is 84.1 cm³/mol. The average molecular weight is 283 g/mol. The number of rotatable bonds is 4. The van der Waals surface area contributed by atoms with E-state index in [2.05, 4.69) is 18.3 Å². The van der Waals surface area contributed by atoms with Crippen LogP contribution in [0.2, 0.25) is 0 Å². The molecule has 0 fully saturated rings. The van der Waals surface area contributed by atoms with Gasteiger partial charge in [-0.15, -0.1) is 0 Å². The summed E-state index contributed by atoms with van der Waals surface area (Å²) in [4.78, 5) is 0. The molecular weight excluding hydrogens is 265 g/mol. The fourth-order valence-corrected chi connectivity index (χ4v) is 2.61. The summed E-state index contributed by atoms with van der Waals surface area (Å²) in [6.45, 7) is 4.49. The van der Waals surface area contributed by atoms with Gasteiger partial charge in [-0.2, -0.15) is 0 Å². The highest BCUT2D eigenvalue weighted by Gasteiger charge is 2.12. The van der Waals surface area contributed by atoms with Crippen molar-refractivity contribution in [2.45, 2.75) is 26.8 Å². The van der Waals surface area contributed by atoms with Crippen LogP contribution in [0.5, 0.6) is 0 Å². The van der Waals surface area contributed by atoms with Gasteiger partial charge in [0.25, 0.3) is 0 Å². The Bertz CT molecular complexity index is 776. The van der Waals surface area contributed by atoms with Crippen molar-refractivity contribution in [3.05, 3.63) is 65.2 Å². The molecule has 1 heterocycles. The maximum atomic E-state index is 13.6. The van der Waals surface area contributed by atoms with Gasteiger partial charge in [-0.1, -0.05) is 31.2 Å². The van der Waals surface area contributed by atoms with E-state index in [0.29, 0.717) is 12.1 Å². The molecule has 0 aliphatic carbocycles. The molecule has 3 aromatic rings. The largest absolute Gasteiger partial charge is 0.461 e. The van der Waals surface area contributed by atoms with Crippen molar-refractivity contribution in [3.8, 4) is 0 Å². The molecule has 0 spiro atoms. The summed E-state index contributed by atoms with van der Waals surface area (Å²) in [5, 5.41) is 4.44. The Morgan fingerprint density at radius 2 is 1.90 bits per heavy atom. The van der Waals surface area contributed by atoms with Crippen LogP contribution in [0.3, 0.4) is 0 Å². The lowest BCUT2D eigenvalue weighted by Crippen LogP contribution is -2.03. The second-order valence-corrected chi connectivity index (χ2v) is 5.12. The Kier molecular flexibility index (Phi) is 3.65. The van der Waals surface area contributed by atoms with Crippen molar-refractivity contribution in [1.82, 2.24) is 0 Å². The zero-order chi connectivity index (χ0) is 14.8. The van der Waals surface area contributed by atoms with E-state index in [9.17, 15) is 4.39 Å². The number of hydrogen-bond donors (Lipinski definition) is 1. The summed E-state index contributed by atoms with van der Waals surface area (Å²) in [6, 6.07) is 13.1. The molecule has 0 saturated heterocycles. The molecule has 0 aliphatic heterocycles. The Balaban J connectivity index is 1.93. The zero-order valence-corrected chi connectivity index (χ0v) is 12.2. The molecule has 0 radical (unpaired) electrons. The first kappa shape index (κ1) is 13.7. The van der Waals surface area contributed by atoms with Gasteiger partial charge in [0.2, 0.25) is 0 Å². The first-order valence-corrected chi connectivity index (χ1v) is 7.19. The SMILES string of the molecule is CCc1oc2ccccc2c1CNc1cccc(F)c1C. The molecule has 2 nitrogen and oxygen atoms in total. The van der Waals surface area contributed by atoms with Gasteiger partial charge in [-0.05, 0) is 25.1 Å². The Morgan fingerprint density at radius 3 is 2.71 bits per heavy atom. The molecule has 3 rings (SSSR count). The van der Waals surface area contributed by atoms with Gasteiger partial charge in [-0.25, -0.2) is 4.39 Å². The van der Waals surface area contributed by atoms with Crippen LogP contribution in [-0.4, -0.2) is 0 Å². The van der Waals surface area contributed by atoms with Crippen molar-refractivity contribution in [2.24, 2.45) is 0 Å². The van der Waals surface area contributed by atoms with Crippen molar-refractivity contribution < 1.29 is 8.81 Å². The molecule has 0 bridgehead atoms. The van der Waals surface area contributed by atoms with Crippen LogP contribution in [0.15, 0.2) is 46.9 Å². The minimum atomic E-state index is -0.187. The van der Waals surface area contributed by atoms with Crippen LogP contribution in [0.4, 0.5) is 10.1 Å². The summed E-state index contributed by atoms with van der Waals surface area (Å²) >= 11 is 0. The number of fused-ring (bicyclic) bond motifs is 1. The highest BCUT2D eigenvalue weighted by atomic mass is 19.1. The van der Waals surface area contributed by atoms with Gasteiger partial charge >= 0.3 is 0 Å². The van der Waals surface area contributed by atoms with Gasteiger partial charge in [0, 0.05) is 35.2 Å². The normalized spacial score (nSPS) is 11.0. The van der Waals surface area contributed by atoms with Crippen LogP contribution in [0, 0.1) is 12.7 Å². The summed E-state index contributed by atoms with van der Waals surface area (Å²) in [6.07, 6.45) is 0.841. The molecule has 0 aliphatic rings. The summed E-state index contributed by atoms with van der Waals surface area (Å²) in [5.41, 5.74) is 3.52. The van der Waals surface area contributed by atoms with Crippen molar-refractivity contribution in [2.75, 3.05) is 5.32 Å². The van der Waals surface area contributed by atoms with E-state index >= 15 is 0 Å². The van der Waals surface area contributed by atoms with E-state index in [1.165, 1.54) is 6.07 Å². The maximum absolute atomic E-state index is 13.6. The summed E-state index contributed by atoms with van der Waals surface area (Å²) in [7, 11) is 0. The highest BCUT2D eigenvalue weighted by molar-refractivity contribution is 5.82. The molecule has 1 N–H and O–H groups in total. The first-order valence-electron chi connectivity index (χ1n) is 7.19. The molecule has 3 heteroatoms. The van der Waals surface area contributed by atoms with Crippen molar-refractivity contribution in [1.29, 1.82) is 0 Å². The highest BCUT2D eigenvalue weighted by Crippen LogP contribution is 2.27. The second kappa shape index (κ2) is 5.60. The van der Waals surface area contributed by atoms with Crippen LogP contribution < -0.4 is 5.32 Å². The molecule has 0 unspecified atom stereocenters. The van der Waals surface area contributed by atoms with Gasteiger partial charge in [-0.3, -0.25) is 0 Å². The second-order valence-electron chi connectivity index (χ2n) is 5.12. The number of furan rings is 1. The lowest BCUT2D eigenvalue weighted by molar-refractivity contribution is 0.551. The molecular formula is C18H18FNO. The predicted octanol–water partition coefficient (Wildman–Crippen LogP) is 5.05. The van der Waals surface area contributed by atoms with E-state index in [1.54, 1.807) is 13.0 Å². The van der Waals surface area contributed by atoms with Crippen LogP contribution in [0.1, 0.15) is 23.8 Å². The average Bonchev–Trinajstić information content (AvgIpc) is 2.86. The van der Waals surface area contributed by atoms with Crippen molar-refractivity contribution in [3.63, 3.8) is 0 Å². The fraction of sp³-hybridized carbons (Fsp3) is 0.222. The molecule has 0 atom stereocenters. The summed E-state index contributed by atoms with van der Waals surface area (Å²) < 4.78 is 19.5. The van der Waals surface area contributed by atoms with Gasteiger partial charge < -0.3 is 9.73 Å². The van der Waals surface area contributed by atoms with E-state index in [1.807, 2.05) is 24.3 Å². The Hall–Kier alpha value is -2.29. The molecule has 0 amide bonds. The lowest BCUT2D eigenvalue weighted by Gasteiger charge is -2.10. The van der Waals surface area contributed by atoms with Gasteiger partial charge in [0.05, 0.1) is 0 Å². The van der Waals surface area contributed by atoms with E-state index < -0.39 is 0 Å². The lowest BCUT2D eigenvalue weighted by atomic mass is 10.1. The number of aryl methyl sites for hydroxylation is 1. The summed E-state index contributed by atoms with van der Waals surface area (Å²) in [5.74, 6) is 0.797. The Morgan fingerprint density at radius 1 is 1.10 bits per heavy atom. The number of hydrogen-bond acceptors (Lipinski definition) is 2. The first-order chi connectivity index (χ1) is 10.2. The monoisotopic (exact) mass is 283 g/mol. The van der Waals surface area contributed by atoms with E-state index in [-0.39, 0.29) is 5.82 Å². The number of nitrogens with one attached hydrogen (secondary N) is 1. The smallest absolute Gasteiger partial charge is 0.134 e. The topological polar surface area (TPSA) is 25.2 Å². The van der Waals surface area contributed by atoms with E-state index in [0.717, 1.165) is 34.4 Å². The quantitative estimate of drug-likeness (QED) is 0.724. The Labute approximate surface area is 123 Å². The van der Waals surface area contributed by atoms with Gasteiger partial charge in [0.1, 0.15) is 17.2 Å². The molecule has 1 aromatic heterocycles. The number of anilines is 1. The number of benzene rings is 2. The molecule has 0 saturated carbocycles. The molecule has 21 heavy (non-hydrogen) atoms. The molecule has 108 valence electrons. The zero-order valence-electron chi connectivity index (χ0n) is 12.2. The van der Waals surface area contributed by atoms with Gasteiger partial charge in [0.15, 0.2) is 0 Å².